The van der Waals surface area contributed by atoms with E-state index >= 15 is 0 Å². The Morgan fingerprint density at radius 1 is 1.26 bits per heavy atom. The molecule has 19 heavy (non-hydrogen) atoms. The molecule has 0 aliphatic heterocycles. The van der Waals surface area contributed by atoms with Crippen LogP contribution < -0.4 is 5.32 Å². The van der Waals surface area contributed by atoms with E-state index < -0.39 is 0 Å². The highest BCUT2D eigenvalue weighted by Crippen LogP contribution is 2.47. The lowest BCUT2D eigenvalue weighted by atomic mass is 10.1. The molecule has 0 saturated heterocycles. The van der Waals surface area contributed by atoms with Crippen molar-refractivity contribution in [3.8, 4) is 0 Å². The van der Waals surface area contributed by atoms with E-state index in [0.717, 1.165) is 12.4 Å². The van der Waals surface area contributed by atoms with Crippen molar-refractivity contribution < 1.29 is 0 Å². The molecule has 2 aliphatic rings. The van der Waals surface area contributed by atoms with Gasteiger partial charge in [0.1, 0.15) is 0 Å². The summed E-state index contributed by atoms with van der Waals surface area (Å²) in [6, 6.07) is 11.4. The molecule has 0 spiro atoms. The molecule has 1 aromatic heterocycles. The monoisotopic (exact) mass is 255 g/mol. The topological polar surface area (TPSA) is 66.5 Å². The van der Waals surface area contributed by atoms with E-state index in [1.807, 2.05) is 0 Å². The lowest BCUT2D eigenvalue weighted by Crippen LogP contribution is -2.30. The van der Waals surface area contributed by atoms with Gasteiger partial charge in [-0.25, -0.2) is 0 Å². The molecule has 2 fully saturated rings. The molecule has 5 heteroatoms. The molecule has 0 amide bonds. The van der Waals surface area contributed by atoms with Gasteiger partial charge in [0.05, 0.1) is 0 Å². The van der Waals surface area contributed by atoms with E-state index in [0.29, 0.717) is 12.0 Å². The highest BCUT2D eigenvalue weighted by Gasteiger charge is 2.49. The molecule has 0 unspecified atom stereocenters. The summed E-state index contributed by atoms with van der Waals surface area (Å²) in [5.74, 6) is 1.55. The van der Waals surface area contributed by atoms with Crippen LogP contribution in [0.25, 0.3) is 0 Å². The van der Waals surface area contributed by atoms with Crippen molar-refractivity contribution in [1.29, 1.82) is 0 Å². The van der Waals surface area contributed by atoms with Crippen LogP contribution in [0.15, 0.2) is 30.3 Å². The van der Waals surface area contributed by atoms with Crippen molar-refractivity contribution in [3.63, 3.8) is 0 Å². The maximum atomic E-state index is 4.14. The molecule has 98 valence electrons. The number of hydrogen-bond acceptors (Lipinski definition) is 4. The van der Waals surface area contributed by atoms with E-state index in [2.05, 4.69) is 56.3 Å². The Balaban J connectivity index is 1.36. The Kier molecular flexibility index (Phi) is 2.41. The maximum Gasteiger partial charge on any atom is 0.181 e. The summed E-state index contributed by atoms with van der Waals surface area (Å²) in [7, 11) is 0. The van der Waals surface area contributed by atoms with Gasteiger partial charge in [-0.2, -0.15) is 5.21 Å². The number of aromatic amines is 1. The summed E-state index contributed by atoms with van der Waals surface area (Å²) in [4.78, 5) is 0. The fourth-order valence-electron chi connectivity index (χ4n) is 2.83. The van der Waals surface area contributed by atoms with Gasteiger partial charge in [0.25, 0.3) is 0 Å². The van der Waals surface area contributed by atoms with Gasteiger partial charge in [0, 0.05) is 23.9 Å². The number of hydrogen-bond donors (Lipinski definition) is 2. The van der Waals surface area contributed by atoms with Crippen molar-refractivity contribution in [1.82, 2.24) is 25.9 Å². The molecule has 2 N–H and O–H groups in total. The zero-order valence-electron chi connectivity index (χ0n) is 10.7. The van der Waals surface area contributed by atoms with E-state index in [1.165, 1.54) is 24.8 Å². The van der Waals surface area contributed by atoms with Crippen molar-refractivity contribution in [2.75, 3.05) is 6.54 Å². The quantitative estimate of drug-likeness (QED) is 0.847. The first-order valence-corrected chi connectivity index (χ1v) is 6.90. The van der Waals surface area contributed by atoms with E-state index in [-0.39, 0.29) is 5.41 Å². The van der Waals surface area contributed by atoms with Crippen molar-refractivity contribution in [2.24, 2.45) is 0 Å². The number of nitrogens with zero attached hydrogens (tertiary/aromatic N) is 3. The minimum absolute atomic E-state index is 0.150. The van der Waals surface area contributed by atoms with E-state index in [1.54, 1.807) is 0 Å². The molecular formula is C14H17N5. The highest BCUT2D eigenvalue weighted by atomic mass is 15.5. The predicted molar refractivity (Wildman–Crippen MR) is 70.7 cm³/mol. The van der Waals surface area contributed by atoms with Crippen LogP contribution in [0.5, 0.6) is 0 Å². The molecule has 1 heterocycles. The third-order valence-corrected chi connectivity index (χ3v) is 4.39. The third kappa shape index (κ3) is 2.04. The summed E-state index contributed by atoms with van der Waals surface area (Å²) < 4.78 is 0. The van der Waals surface area contributed by atoms with Crippen LogP contribution in [0.4, 0.5) is 0 Å². The van der Waals surface area contributed by atoms with Gasteiger partial charge in [0.15, 0.2) is 5.82 Å². The molecular weight excluding hydrogens is 238 g/mol. The molecule has 2 saturated carbocycles. The van der Waals surface area contributed by atoms with Crippen LogP contribution in [-0.4, -0.2) is 33.2 Å². The van der Waals surface area contributed by atoms with Crippen LogP contribution in [0.1, 0.15) is 36.6 Å². The Morgan fingerprint density at radius 2 is 2.11 bits per heavy atom. The minimum Gasteiger partial charge on any atom is -0.312 e. The normalized spacial score (nSPS) is 27.2. The number of H-pyrrole nitrogens is 1. The van der Waals surface area contributed by atoms with Gasteiger partial charge >= 0.3 is 0 Å². The Bertz CT molecular complexity index is 546. The molecule has 5 nitrogen and oxygen atoms in total. The van der Waals surface area contributed by atoms with E-state index in [9.17, 15) is 0 Å². The zero-order valence-corrected chi connectivity index (χ0v) is 10.7. The van der Waals surface area contributed by atoms with Crippen LogP contribution in [-0.2, 0) is 5.41 Å². The average Bonchev–Trinajstić information content (AvgIpc) is 3.36. The first kappa shape index (κ1) is 11.1. The second-order valence-electron chi connectivity index (χ2n) is 5.76. The largest absolute Gasteiger partial charge is 0.312 e. The van der Waals surface area contributed by atoms with Gasteiger partial charge in [-0.05, 0) is 24.8 Å². The number of benzene rings is 1. The zero-order chi connectivity index (χ0) is 12.7. The van der Waals surface area contributed by atoms with Crippen LogP contribution >= 0.6 is 0 Å². The van der Waals surface area contributed by atoms with Crippen molar-refractivity contribution >= 4 is 0 Å². The van der Waals surface area contributed by atoms with Crippen LogP contribution in [0, 0.1) is 0 Å². The molecule has 2 aliphatic carbocycles. The predicted octanol–water partition coefficient (Wildman–Crippen LogP) is 1.38. The summed E-state index contributed by atoms with van der Waals surface area (Å²) in [5, 5.41) is 18.2. The summed E-state index contributed by atoms with van der Waals surface area (Å²) in [6.07, 6.45) is 3.58. The summed E-state index contributed by atoms with van der Waals surface area (Å²) >= 11 is 0. The number of rotatable bonds is 5. The first-order valence-electron chi connectivity index (χ1n) is 6.90. The van der Waals surface area contributed by atoms with Gasteiger partial charge in [-0.1, -0.05) is 35.5 Å². The smallest absolute Gasteiger partial charge is 0.181 e. The van der Waals surface area contributed by atoms with Gasteiger partial charge in [-0.15, -0.1) is 10.2 Å². The molecule has 4 rings (SSSR count). The third-order valence-electron chi connectivity index (χ3n) is 4.39. The SMILES string of the molecule is c1ccc([C@H]2C[C@@H]2NCC2(c3nn[nH]n3)CC2)cc1. The van der Waals surface area contributed by atoms with Crippen molar-refractivity contribution in [2.45, 2.75) is 36.6 Å². The van der Waals surface area contributed by atoms with Gasteiger partial charge < -0.3 is 5.32 Å². The standard InChI is InChI=1S/C14H17N5/c1-2-4-10(5-3-1)11-8-12(11)15-9-14(6-7-14)13-16-18-19-17-13/h1-5,11-12,15H,6-9H2,(H,16,17,18,19)/t11-,12+/m1/s1. The van der Waals surface area contributed by atoms with Gasteiger partial charge in [-0.3, -0.25) is 0 Å². The van der Waals surface area contributed by atoms with Crippen molar-refractivity contribution in [3.05, 3.63) is 41.7 Å². The highest BCUT2D eigenvalue weighted by molar-refractivity contribution is 5.28. The van der Waals surface area contributed by atoms with E-state index in [4.69, 9.17) is 0 Å². The molecule has 2 aromatic rings. The molecule has 2 atom stereocenters. The molecule has 1 aromatic carbocycles. The van der Waals surface area contributed by atoms with Crippen LogP contribution in [0.3, 0.4) is 0 Å². The second-order valence-corrected chi connectivity index (χ2v) is 5.76. The van der Waals surface area contributed by atoms with Gasteiger partial charge in [0.2, 0.25) is 0 Å². The lowest BCUT2D eigenvalue weighted by Gasteiger charge is -2.11. The minimum atomic E-state index is 0.150. The second kappa shape index (κ2) is 4.13. The Labute approximate surface area is 111 Å². The molecule has 0 radical (unpaired) electrons. The average molecular weight is 255 g/mol. The van der Waals surface area contributed by atoms with Crippen LogP contribution in [0.2, 0.25) is 0 Å². The first-order chi connectivity index (χ1) is 9.37. The number of aromatic nitrogens is 4. The fourth-order valence-corrected chi connectivity index (χ4v) is 2.83. The number of nitrogens with one attached hydrogen (secondary N) is 2. The number of tetrazole rings is 1. The lowest BCUT2D eigenvalue weighted by molar-refractivity contribution is 0.542. The Hall–Kier alpha value is -1.75. The summed E-state index contributed by atoms with van der Waals surface area (Å²) in [6.45, 7) is 0.973. The maximum absolute atomic E-state index is 4.14. The fraction of sp³-hybridized carbons (Fsp3) is 0.500. The summed E-state index contributed by atoms with van der Waals surface area (Å²) in [5.41, 5.74) is 1.60. The molecule has 0 bridgehead atoms. The Morgan fingerprint density at radius 3 is 2.79 bits per heavy atom.